The first-order valence-electron chi connectivity index (χ1n) is 11.0. The first-order chi connectivity index (χ1) is 15.7. The molecular weight excluding hydrogens is 467 g/mol. The highest BCUT2D eigenvalue weighted by atomic mass is 32.2. The van der Waals surface area contributed by atoms with Gasteiger partial charge in [-0.2, -0.15) is 13.2 Å². The van der Waals surface area contributed by atoms with Gasteiger partial charge in [0.15, 0.2) is 11.5 Å². The molecule has 0 saturated heterocycles. The number of pyridine rings is 1. The van der Waals surface area contributed by atoms with Gasteiger partial charge in [0.2, 0.25) is 0 Å². The molecular formula is C24H28F3N3O3S. The molecule has 0 spiro atoms. The van der Waals surface area contributed by atoms with Gasteiger partial charge in [0.25, 0.3) is 0 Å². The van der Waals surface area contributed by atoms with Crippen LogP contribution in [0.4, 0.5) is 13.2 Å². The summed E-state index contributed by atoms with van der Waals surface area (Å²) in [4.78, 5) is 3.57. The van der Waals surface area contributed by atoms with Gasteiger partial charge in [0.1, 0.15) is 0 Å². The van der Waals surface area contributed by atoms with Gasteiger partial charge in [-0.05, 0) is 28.7 Å². The molecule has 0 radical (unpaired) electrons. The van der Waals surface area contributed by atoms with E-state index in [0.717, 1.165) is 22.7 Å². The van der Waals surface area contributed by atoms with Crippen LogP contribution in [-0.2, 0) is 30.3 Å². The second-order valence-corrected chi connectivity index (χ2v) is 11.7. The highest BCUT2D eigenvalue weighted by Gasteiger charge is 2.44. The molecule has 3 N–H and O–H groups in total. The van der Waals surface area contributed by atoms with E-state index in [-0.39, 0.29) is 35.6 Å². The Balaban J connectivity index is 1.69. The van der Waals surface area contributed by atoms with E-state index in [1.807, 2.05) is 10.8 Å². The van der Waals surface area contributed by atoms with Crippen molar-refractivity contribution >= 4 is 21.9 Å². The topological polar surface area (TPSA) is 87.4 Å². The Kier molecular flexibility index (Phi) is 6.39. The van der Waals surface area contributed by atoms with Crippen LogP contribution in [0.25, 0.3) is 22.0 Å². The summed E-state index contributed by atoms with van der Waals surface area (Å²) < 4.78 is 58.1. The van der Waals surface area contributed by atoms with Crippen LogP contribution in [-0.4, -0.2) is 35.0 Å². The third kappa shape index (κ3) is 5.35. The molecule has 1 aliphatic rings. The molecule has 6 nitrogen and oxygen atoms in total. The number of nitrogens with zero attached hydrogens (tertiary/aromatic N) is 2. The van der Waals surface area contributed by atoms with Gasteiger partial charge in [-0.1, -0.05) is 39.0 Å². The summed E-state index contributed by atoms with van der Waals surface area (Å²) in [5.74, 6) is -1.75. The molecule has 2 aromatic heterocycles. The van der Waals surface area contributed by atoms with Crippen molar-refractivity contribution < 1.29 is 27.6 Å². The summed E-state index contributed by atoms with van der Waals surface area (Å²) in [6, 6.07) is 8.08. The SMILES string of the molecule is CC(C)(C)Cn1cc(CNS(=O)C2CC(O)(O)C2)c2ccc(-c3cccnc3C(F)(F)F)cc21. The number of benzene rings is 1. The Bertz CT molecular complexity index is 1220. The average Bonchev–Trinajstić information content (AvgIpc) is 3.04. The van der Waals surface area contributed by atoms with Crippen molar-refractivity contribution in [1.29, 1.82) is 0 Å². The van der Waals surface area contributed by atoms with Crippen LogP contribution >= 0.6 is 0 Å². The minimum atomic E-state index is -4.57. The molecule has 34 heavy (non-hydrogen) atoms. The molecule has 1 atom stereocenters. The summed E-state index contributed by atoms with van der Waals surface area (Å²) in [5, 5.41) is 19.5. The summed E-state index contributed by atoms with van der Waals surface area (Å²) in [6.45, 7) is 7.14. The van der Waals surface area contributed by atoms with Crippen molar-refractivity contribution in [2.45, 2.75) is 63.9 Å². The molecule has 184 valence electrons. The van der Waals surface area contributed by atoms with Crippen molar-refractivity contribution in [1.82, 2.24) is 14.3 Å². The van der Waals surface area contributed by atoms with Gasteiger partial charge in [0, 0.05) is 54.8 Å². The van der Waals surface area contributed by atoms with Crippen molar-refractivity contribution in [3.63, 3.8) is 0 Å². The van der Waals surface area contributed by atoms with E-state index in [4.69, 9.17) is 0 Å². The van der Waals surface area contributed by atoms with Crippen molar-refractivity contribution in [3.05, 3.63) is 54.0 Å². The van der Waals surface area contributed by atoms with Crippen molar-refractivity contribution in [3.8, 4) is 11.1 Å². The van der Waals surface area contributed by atoms with Crippen LogP contribution in [0.5, 0.6) is 0 Å². The normalized spacial score (nSPS) is 17.6. The number of alkyl halides is 3. The second-order valence-electron chi connectivity index (χ2n) is 10.1. The van der Waals surface area contributed by atoms with Crippen molar-refractivity contribution in [2.75, 3.05) is 0 Å². The fourth-order valence-electron chi connectivity index (χ4n) is 4.27. The highest BCUT2D eigenvalue weighted by Crippen LogP contribution is 2.37. The fraction of sp³-hybridized carbons (Fsp3) is 0.458. The third-order valence-electron chi connectivity index (χ3n) is 5.81. The van der Waals surface area contributed by atoms with Gasteiger partial charge in [-0.15, -0.1) is 0 Å². The van der Waals surface area contributed by atoms with Crippen LogP contribution in [0, 0.1) is 5.41 Å². The highest BCUT2D eigenvalue weighted by molar-refractivity contribution is 7.83. The Morgan fingerprint density at radius 1 is 1.21 bits per heavy atom. The smallest absolute Gasteiger partial charge is 0.366 e. The van der Waals surface area contributed by atoms with E-state index in [0.29, 0.717) is 12.1 Å². The molecule has 0 bridgehead atoms. The maximum Gasteiger partial charge on any atom is 0.433 e. The quantitative estimate of drug-likeness (QED) is 0.444. The Morgan fingerprint density at radius 2 is 1.91 bits per heavy atom. The van der Waals surface area contributed by atoms with E-state index in [9.17, 15) is 27.6 Å². The molecule has 1 fully saturated rings. The maximum atomic E-state index is 13.5. The largest absolute Gasteiger partial charge is 0.433 e. The fourth-order valence-corrected chi connectivity index (χ4v) is 5.64. The molecule has 3 aromatic rings. The minimum absolute atomic E-state index is 0.0164. The van der Waals surface area contributed by atoms with Gasteiger partial charge < -0.3 is 14.8 Å². The van der Waals surface area contributed by atoms with E-state index in [1.165, 1.54) is 12.1 Å². The zero-order valence-electron chi connectivity index (χ0n) is 19.2. The van der Waals surface area contributed by atoms with Gasteiger partial charge in [-0.25, -0.2) is 8.93 Å². The summed E-state index contributed by atoms with van der Waals surface area (Å²) in [6.07, 6.45) is -1.40. The predicted molar refractivity (Wildman–Crippen MR) is 125 cm³/mol. The number of fused-ring (bicyclic) bond motifs is 1. The number of nitrogens with one attached hydrogen (secondary N) is 1. The lowest BCUT2D eigenvalue weighted by Gasteiger charge is -2.38. The Hall–Kier alpha value is -2.27. The van der Waals surface area contributed by atoms with Gasteiger partial charge in [0.05, 0.1) is 16.2 Å². The Morgan fingerprint density at radius 3 is 2.53 bits per heavy atom. The summed E-state index contributed by atoms with van der Waals surface area (Å²) in [7, 11) is -1.44. The number of hydrogen-bond donors (Lipinski definition) is 3. The molecule has 1 aliphatic carbocycles. The second kappa shape index (κ2) is 8.75. The standard InChI is InChI=1S/C24H28F3N3O3S/c1-22(2,3)14-30-13-16(12-29-34(33)17-10-23(31,32)11-17)18-7-6-15(9-20(18)30)19-5-4-8-28-21(19)24(25,26)27/h4-9,13,17,29,31-32H,10-12,14H2,1-3H3. The summed E-state index contributed by atoms with van der Waals surface area (Å²) in [5.41, 5.74) is 1.06. The Labute approximate surface area is 198 Å². The molecule has 1 aromatic carbocycles. The number of halogens is 3. The van der Waals surface area contributed by atoms with E-state index in [1.54, 1.807) is 18.2 Å². The zero-order valence-corrected chi connectivity index (χ0v) is 20.0. The molecule has 0 amide bonds. The monoisotopic (exact) mass is 495 g/mol. The van der Waals surface area contributed by atoms with Crippen LogP contribution in [0.3, 0.4) is 0 Å². The van der Waals surface area contributed by atoms with E-state index < -0.39 is 28.6 Å². The van der Waals surface area contributed by atoms with Crippen LogP contribution in [0.1, 0.15) is 44.9 Å². The number of hydrogen-bond acceptors (Lipinski definition) is 4. The number of aliphatic hydroxyl groups is 2. The lowest BCUT2D eigenvalue weighted by molar-refractivity contribution is -0.207. The molecule has 1 unspecified atom stereocenters. The van der Waals surface area contributed by atoms with Crippen LogP contribution in [0.2, 0.25) is 0 Å². The first-order valence-corrected chi connectivity index (χ1v) is 12.2. The maximum absolute atomic E-state index is 13.5. The number of aromatic nitrogens is 2. The molecule has 4 rings (SSSR count). The van der Waals surface area contributed by atoms with Gasteiger partial charge in [-0.3, -0.25) is 4.98 Å². The molecule has 2 heterocycles. The lowest BCUT2D eigenvalue weighted by atomic mass is 9.91. The average molecular weight is 496 g/mol. The lowest BCUT2D eigenvalue weighted by Crippen LogP contribution is -2.51. The first kappa shape index (κ1) is 24.8. The van der Waals surface area contributed by atoms with Gasteiger partial charge >= 0.3 is 6.18 Å². The predicted octanol–water partition coefficient (Wildman–Crippen LogP) is 4.36. The molecule has 0 aliphatic heterocycles. The van der Waals surface area contributed by atoms with E-state index in [2.05, 4.69) is 30.5 Å². The molecule has 10 heteroatoms. The third-order valence-corrected chi connectivity index (χ3v) is 7.18. The van der Waals surface area contributed by atoms with Crippen LogP contribution < -0.4 is 4.72 Å². The van der Waals surface area contributed by atoms with E-state index >= 15 is 0 Å². The number of rotatable bonds is 6. The van der Waals surface area contributed by atoms with Crippen molar-refractivity contribution in [2.24, 2.45) is 5.41 Å². The summed E-state index contributed by atoms with van der Waals surface area (Å²) >= 11 is 0. The minimum Gasteiger partial charge on any atom is -0.366 e. The zero-order chi connectivity index (χ0) is 24.9. The van der Waals surface area contributed by atoms with Crippen LogP contribution in [0.15, 0.2) is 42.7 Å². The molecule has 1 saturated carbocycles.